The topological polar surface area (TPSA) is 50.9 Å². The highest BCUT2D eigenvalue weighted by Crippen LogP contribution is 2.26. The van der Waals surface area contributed by atoms with Crippen molar-refractivity contribution in [3.8, 4) is 17.1 Å². The quantitative estimate of drug-likeness (QED) is 0.710. The molecule has 0 atom stereocenters. The van der Waals surface area contributed by atoms with Crippen molar-refractivity contribution in [1.82, 2.24) is 14.5 Å². The Morgan fingerprint density at radius 3 is 2.78 bits per heavy atom. The molecule has 2 heterocycles. The summed E-state index contributed by atoms with van der Waals surface area (Å²) in [7, 11) is 1.98. The number of fused-ring (bicyclic) bond motifs is 1. The van der Waals surface area contributed by atoms with E-state index in [4.69, 9.17) is 0 Å². The Bertz CT molecular complexity index is 731. The van der Waals surface area contributed by atoms with Gasteiger partial charge in [0.25, 0.3) is 0 Å². The summed E-state index contributed by atoms with van der Waals surface area (Å²) in [4.78, 5) is 8.65. The Labute approximate surface area is 105 Å². The van der Waals surface area contributed by atoms with Crippen LogP contribution in [0.3, 0.4) is 0 Å². The normalized spacial score (nSPS) is 11.0. The van der Waals surface area contributed by atoms with Gasteiger partial charge in [0.05, 0.1) is 11.7 Å². The molecule has 0 fully saturated rings. The average molecular weight is 239 g/mol. The molecule has 0 unspecified atom stereocenters. The number of phenolic OH excluding ortho intramolecular Hbond substituents is 1. The van der Waals surface area contributed by atoms with Crippen LogP contribution in [0.4, 0.5) is 0 Å². The number of phenols is 1. The van der Waals surface area contributed by atoms with E-state index in [9.17, 15) is 5.11 Å². The molecule has 4 nitrogen and oxygen atoms in total. The molecule has 90 valence electrons. The second-order valence-electron chi connectivity index (χ2n) is 4.36. The Morgan fingerprint density at radius 2 is 2.06 bits per heavy atom. The second-order valence-corrected chi connectivity index (χ2v) is 4.36. The maximum absolute atomic E-state index is 9.56. The fourth-order valence-corrected chi connectivity index (χ4v) is 2.10. The first-order valence-corrected chi connectivity index (χ1v) is 5.73. The summed E-state index contributed by atoms with van der Waals surface area (Å²) >= 11 is 0. The first-order valence-electron chi connectivity index (χ1n) is 5.73. The molecule has 0 saturated heterocycles. The molecule has 0 radical (unpaired) electrons. The molecular weight excluding hydrogens is 226 g/mol. The summed E-state index contributed by atoms with van der Waals surface area (Å²) < 4.78 is 2.03. The van der Waals surface area contributed by atoms with Crippen LogP contribution < -0.4 is 0 Å². The van der Waals surface area contributed by atoms with Gasteiger partial charge < -0.3 is 9.67 Å². The molecule has 3 aromatic rings. The number of hydrogen-bond donors (Lipinski definition) is 1. The molecule has 2 aromatic heterocycles. The van der Waals surface area contributed by atoms with Crippen LogP contribution >= 0.6 is 0 Å². The minimum atomic E-state index is 0.305. The van der Waals surface area contributed by atoms with E-state index in [0.29, 0.717) is 5.75 Å². The van der Waals surface area contributed by atoms with Crippen LogP contribution in [-0.4, -0.2) is 19.6 Å². The van der Waals surface area contributed by atoms with Crippen molar-refractivity contribution in [3.63, 3.8) is 0 Å². The maximum Gasteiger partial charge on any atom is 0.140 e. The van der Waals surface area contributed by atoms with Gasteiger partial charge in [0, 0.05) is 18.8 Å². The minimum Gasteiger partial charge on any atom is -0.508 e. The molecule has 3 rings (SSSR count). The molecule has 4 heteroatoms. The minimum absolute atomic E-state index is 0.305. The lowest BCUT2D eigenvalue weighted by atomic mass is 10.1. The highest BCUT2D eigenvalue weighted by Gasteiger charge is 2.10. The molecule has 0 amide bonds. The highest BCUT2D eigenvalue weighted by molar-refractivity contribution is 5.79. The third-order valence-corrected chi connectivity index (χ3v) is 3.14. The fraction of sp³-hybridized carbons (Fsp3) is 0.143. The number of rotatable bonds is 1. The monoisotopic (exact) mass is 239 g/mol. The standard InChI is InChI=1S/C14H13N3O/c1-9-7-10(3-4-13(9)18)14-16-11-8-15-6-5-12(11)17(14)2/h3-8,18H,1-2H3. The van der Waals surface area contributed by atoms with E-state index in [1.807, 2.05) is 36.7 Å². The maximum atomic E-state index is 9.56. The van der Waals surface area contributed by atoms with E-state index in [2.05, 4.69) is 9.97 Å². The third-order valence-electron chi connectivity index (χ3n) is 3.14. The molecule has 0 aliphatic carbocycles. The van der Waals surface area contributed by atoms with Crippen LogP contribution in [-0.2, 0) is 7.05 Å². The first-order chi connectivity index (χ1) is 8.66. The van der Waals surface area contributed by atoms with E-state index < -0.39 is 0 Å². The fourth-order valence-electron chi connectivity index (χ4n) is 2.10. The molecule has 1 aromatic carbocycles. The van der Waals surface area contributed by atoms with E-state index in [-0.39, 0.29) is 0 Å². The van der Waals surface area contributed by atoms with E-state index in [1.165, 1.54) is 0 Å². The van der Waals surface area contributed by atoms with Crippen molar-refractivity contribution in [1.29, 1.82) is 0 Å². The summed E-state index contributed by atoms with van der Waals surface area (Å²) in [6, 6.07) is 7.45. The SMILES string of the molecule is Cc1cc(-c2nc3cnccc3n2C)ccc1O. The van der Waals surface area contributed by atoms with Gasteiger partial charge in [0.2, 0.25) is 0 Å². The smallest absolute Gasteiger partial charge is 0.140 e. The number of aromatic hydroxyl groups is 1. The number of aryl methyl sites for hydroxylation is 2. The molecular formula is C14H13N3O. The largest absolute Gasteiger partial charge is 0.508 e. The van der Waals surface area contributed by atoms with E-state index in [1.54, 1.807) is 18.5 Å². The summed E-state index contributed by atoms with van der Waals surface area (Å²) in [6.45, 7) is 1.88. The van der Waals surface area contributed by atoms with Crippen LogP contribution in [0.1, 0.15) is 5.56 Å². The lowest BCUT2D eigenvalue weighted by molar-refractivity contribution is 0.471. The zero-order chi connectivity index (χ0) is 12.7. The van der Waals surface area contributed by atoms with Crippen molar-refractivity contribution in [3.05, 3.63) is 42.2 Å². The van der Waals surface area contributed by atoms with Gasteiger partial charge in [0.1, 0.15) is 17.1 Å². The average Bonchev–Trinajstić information content (AvgIpc) is 2.71. The highest BCUT2D eigenvalue weighted by atomic mass is 16.3. The number of imidazole rings is 1. The lowest BCUT2D eigenvalue weighted by Crippen LogP contribution is -1.92. The molecule has 0 bridgehead atoms. The van der Waals surface area contributed by atoms with E-state index >= 15 is 0 Å². The summed E-state index contributed by atoms with van der Waals surface area (Å²) in [6.07, 6.45) is 3.52. The van der Waals surface area contributed by atoms with Gasteiger partial charge in [-0.1, -0.05) is 0 Å². The van der Waals surface area contributed by atoms with Gasteiger partial charge >= 0.3 is 0 Å². The predicted molar refractivity (Wildman–Crippen MR) is 70.3 cm³/mol. The molecule has 18 heavy (non-hydrogen) atoms. The van der Waals surface area contributed by atoms with Crippen LogP contribution in [0.25, 0.3) is 22.4 Å². The first kappa shape index (κ1) is 10.8. The van der Waals surface area contributed by atoms with Crippen molar-refractivity contribution < 1.29 is 5.11 Å². The van der Waals surface area contributed by atoms with Crippen molar-refractivity contribution in [2.45, 2.75) is 6.92 Å². The Balaban J connectivity index is 2.25. The Morgan fingerprint density at radius 1 is 1.22 bits per heavy atom. The van der Waals surface area contributed by atoms with Crippen molar-refractivity contribution in [2.75, 3.05) is 0 Å². The van der Waals surface area contributed by atoms with E-state index in [0.717, 1.165) is 28.0 Å². The van der Waals surface area contributed by atoms with Gasteiger partial charge in [-0.25, -0.2) is 4.98 Å². The number of nitrogens with zero attached hydrogens (tertiary/aromatic N) is 3. The number of benzene rings is 1. The van der Waals surface area contributed by atoms with Crippen LogP contribution in [0.2, 0.25) is 0 Å². The zero-order valence-electron chi connectivity index (χ0n) is 10.3. The van der Waals surface area contributed by atoms with Crippen molar-refractivity contribution in [2.24, 2.45) is 7.05 Å². The molecule has 0 spiro atoms. The molecule has 0 saturated carbocycles. The zero-order valence-corrected chi connectivity index (χ0v) is 10.3. The number of pyridine rings is 1. The van der Waals surface area contributed by atoms with Crippen LogP contribution in [0, 0.1) is 6.92 Å². The molecule has 1 N–H and O–H groups in total. The Hall–Kier alpha value is -2.36. The lowest BCUT2D eigenvalue weighted by Gasteiger charge is -2.04. The summed E-state index contributed by atoms with van der Waals surface area (Å²) in [5, 5.41) is 9.56. The second kappa shape index (κ2) is 3.84. The predicted octanol–water partition coefficient (Wildman–Crippen LogP) is 2.65. The Kier molecular flexibility index (Phi) is 2.30. The summed E-state index contributed by atoms with van der Waals surface area (Å²) in [5.41, 5.74) is 3.76. The third kappa shape index (κ3) is 1.54. The van der Waals surface area contributed by atoms with Crippen LogP contribution in [0.15, 0.2) is 36.7 Å². The van der Waals surface area contributed by atoms with Gasteiger partial charge in [-0.15, -0.1) is 0 Å². The number of hydrogen-bond acceptors (Lipinski definition) is 3. The molecule has 0 aliphatic rings. The van der Waals surface area contributed by atoms with Crippen molar-refractivity contribution >= 4 is 11.0 Å². The summed E-state index contributed by atoms with van der Waals surface area (Å²) in [5.74, 6) is 1.18. The number of aromatic nitrogens is 3. The molecule has 0 aliphatic heterocycles. The van der Waals surface area contributed by atoms with Gasteiger partial charge in [0.15, 0.2) is 0 Å². The van der Waals surface area contributed by atoms with Gasteiger partial charge in [-0.2, -0.15) is 0 Å². The van der Waals surface area contributed by atoms with Gasteiger partial charge in [-0.3, -0.25) is 4.98 Å². The van der Waals surface area contributed by atoms with Crippen LogP contribution in [0.5, 0.6) is 5.75 Å². The van der Waals surface area contributed by atoms with Gasteiger partial charge in [-0.05, 0) is 36.8 Å².